The van der Waals surface area contributed by atoms with E-state index in [0.29, 0.717) is 30.1 Å². The zero-order chi connectivity index (χ0) is 20.2. The number of carbonyl (C=O) groups is 1. The fourth-order valence-electron chi connectivity index (χ4n) is 2.88. The van der Waals surface area contributed by atoms with Crippen molar-refractivity contribution in [2.45, 2.75) is 23.9 Å². The molecule has 0 aliphatic carbocycles. The third-order valence-corrected chi connectivity index (χ3v) is 5.47. The molecule has 1 fully saturated rings. The molecule has 4 rings (SSSR count). The maximum absolute atomic E-state index is 12.1. The lowest BCUT2D eigenvalue weighted by Crippen LogP contribution is -2.37. The lowest BCUT2D eigenvalue weighted by molar-refractivity contribution is 0.0996. The number of anilines is 2. The second-order valence-corrected chi connectivity index (χ2v) is 7.36. The number of hydrogen-bond donors (Lipinski definition) is 1. The molecule has 0 spiro atoms. The van der Waals surface area contributed by atoms with Crippen LogP contribution < -0.4 is 10.2 Å². The largest absolute Gasteiger partial charge is 0.459 e. The van der Waals surface area contributed by atoms with Crippen molar-refractivity contribution in [2.75, 3.05) is 36.5 Å². The summed E-state index contributed by atoms with van der Waals surface area (Å²) in [5.41, 5.74) is 1.72. The van der Waals surface area contributed by atoms with Gasteiger partial charge in [0.05, 0.1) is 35.8 Å². The smallest absolute Gasteiger partial charge is 0.292 e. The third-order valence-electron chi connectivity index (χ3n) is 4.30. The van der Waals surface area contributed by atoms with Crippen LogP contribution in [0.1, 0.15) is 21.9 Å². The van der Waals surface area contributed by atoms with Crippen molar-refractivity contribution < 1.29 is 13.9 Å². The number of amides is 1. The number of nitrogens with zero attached hydrogens (tertiary/aromatic N) is 5. The molecular weight excluding hydrogens is 392 g/mol. The van der Waals surface area contributed by atoms with Crippen LogP contribution in [0, 0.1) is 13.8 Å². The fourth-order valence-corrected chi connectivity index (χ4v) is 3.70. The Kier molecular flexibility index (Phi) is 5.72. The van der Waals surface area contributed by atoms with Crippen molar-refractivity contribution in [3.05, 3.63) is 47.8 Å². The minimum Gasteiger partial charge on any atom is -0.459 e. The van der Waals surface area contributed by atoms with Crippen LogP contribution in [0.4, 0.5) is 11.8 Å². The predicted octanol–water partition coefficient (Wildman–Crippen LogP) is 2.72. The van der Waals surface area contributed by atoms with E-state index in [9.17, 15) is 4.79 Å². The van der Waals surface area contributed by atoms with Crippen LogP contribution in [-0.4, -0.2) is 52.1 Å². The molecule has 0 aromatic carbocycles. The molecule has 0 saturated carbocycles. The van der Waals surface area contributed by atoms with Crippen molar-refractivity contribution in [1.29, 1.82) is 0 Å². The first kappa shape index (κ1) is 19.3. The number of aromatic nitrogens is 4. The lowest BCUT2D eigenvalue weighted by Gasteiger charge is -2.27. The van der Waals surface area contributed by atoms with E-state index in [0.717, 1.165) is 29.4 Å². The molecule has 0 radical (unpaired) electrons. The first-order valence-electron chi connectivity index (χ1n) is 9.14. The summed E-state index contributed by atoms with van der Waals surface area (Å²) < 4.78 is 10.5. The van der Waals surface area contributed by atoms with Gasteiger partial charge in [-0.2, -0.15) is 0 Å². The number of hydrogen-bond acceptors (Lipinski definition) is 9. The number of carbonyl (C=O) groups excluding carboxylic acids is 1. The zero-order valence-electron chi connectivity index (χ0n) is 16.1. The van der Waals surface area contributed by atoms with Crippen LogP contribution in [0.2, 0.25) is 0 Å². The quantitative estimate of drug-likeness (QED) is 0.633. The number of nitrogens with one attached hydrogen (secondary N) is 1. The molecule has 0 atom stereocenters. The number of ether oxygens (including phenoxy) is 1. The Bertz CT molecular complexity index is 982. The Morgan fingerprint density at radius 1 is 1.14 bits per heavy atom. The van der Waals surface area contributed by atoms with Crippen LogP contribution in [0.15, 0.2) is 45.1 Å². The second kappa shape index (κ2) is 8.58. The summed E-state index contributed by atoms with van der Waals surface area (Å²) in [6, 6.07) is 4.87. The molecule has 1 aliphatic heterocycles. The Hall–Kier alpha value is -2.98. The van der Waals surface area contributed by atoms with E-state index in [1.165, 1.54) is 18.0 Å². The first-order chi connectivity index (χ1) is 14.1. The third kappa shape index (κ3) is 4.54. The Balaban J connectivity index is 1.51. The van der Waals surface area contributed by atoms with E-state index in [1.807, 2.05) is 13.8 Å². The molecule has 9 nitrogen and oxygen atoms in total. The first-order valence-corrected chi connectivity index (χ1v) is 9.95. The van der Waals surface area contributed by atoms with Crippen molar-refractivity contribution in [3.63, 3.8) is 0 Å². The van der Waals surface area contributed by atoms with Crippen molar-refractivity contribution in [1.82, 2.24) is 19.9 Å². The van der Waals surface area contributed by atoms with Crippen LogP contribution in [-0.2, 0) is 4.74 Å². The van der Waals surface area contributed by atoms with Gasteiger partial charge in [0.15, 0.2) is 10.9 Å². The number of aryl methyl sites for hydroxylation is 2. The van der Waals surface area contributed by atoms with Gasteiger partial charge < -0.3 is 19.4 Å². The number of rotatable bonds is 5. The van der Waals surface area contributed by atoms with Gasteiger partial charge >= 0.3 is 0 Å². The standard InChI is InChI=1S/C19H20N6O3S/c1-12-16(13(2)22-18(21-12)25-7-10-27-11-8-25)29-19-20-6-5-15(24-19)23-17(26)14-4-3-9-28-14/h3-6,9H,7-8,10-11H2,1-2H3,(H,20,23,24,26). The predicted molar refractivity (Wildman–Crippen MR) is 107 cm³/mol. The SMILES string of the molecule is Cc1nc(N2CCOCC2)nc(C)c1Sc1nccc(NC(=O)c2ccco2)n1. The summed E-state index contributed by atoms with van der Waals surface area (Å²) in [6.07, 6.45) is 3.04. The van der Waals surface area contributed by atoms with E-state index in [4.69, 9.17) is 9.15 Å². The topological polar surface area (TPSA) is 106 Å². The van der Waals surface area contributed by atoms with Gasteiger partial charge in [0.1, 0.15) is 5.82 Å². The van der Waals surface area contributed by atoms with E-state index in [1.54, 1.807) is 24.4 Å². The molecule has 4 heterocycles. The summed E-state index contributed by atoms with van der Waals surface area (Å²) in [5.74, 6) is 0.963. The Morgan fingerprint density at radius 2 is 1.90 bits per heavy atom. The molecule has 1 saturated heterocycles. The highest BCUT2D eigenvalue weighted by atomic mass is 32.2. The van der Waals surface area contributed by atoms with Gasteiger partial charge in [-0.05, 0) is 43.8 Å². The molecular formula is C19H20N6O3S. The molecule has 150 valence electrons. The summed E-state index contributed by atoms with van der Waals surface area (Å²) in [5, 5.41) is 3.20. The highest BCUT2D eigenvalue weighted by molar-refractivity contribution is 7.99. The van der Waals surface area contributed by atoms with E-state index < -0.39 is 0 Å². The lowest BCUT2D eigenvalue weighted by atomic mass is 10.3. The highest BCUT2D eigenvalue weighted by Gasteiger charge is 2.18. The maximum Gasteiger partial charge on any atom is 0.292 e. The molecule has 3 aromatic heterocycles. The highest BCUT2D eigenvalue weighted by Crippen LogP contribution is 2.31. The average molecular weight is 412 g/mol. The monoisotopic (exact) mass is 412 g/mol. The normalized spacial score (nSPS) is 14.1. The van der Waals surface area contributed by atoms with Crippen LogP contribution >= 0.6 is 11.8 Å². The zero-order valence-corrected chi connectivity index (χ0v) is 16.9. The van der Waals surface area contributed by atoms with Gasteiger partial charge in [0.2, 0.25) is 5.95 Å². The summed E-state index contributed by atoms with van der Waals surface area (Å²) in [7, 11) is 0. The Morgan fingerprint density at radius 3 is 2.59 bits per heavy atom. The van der Waals surface area contributed by atoms with Crippen LogP contribution in [0.3, 0.4) is 0 Å². The molecule has 0 bridgehead atoms. The summed E-state index contributed by atoms with van der Waals surface area (Å²) in [6.45, 7) is 6.83. The molecule has 1 aliphatic rings. The van der Waals surface area contributed by atoms with Gasteiger partial charge in [-0.15, -0.1) is 0 Å². The van der Waals surface area contributed by atoms with E-state index in [2.05, 4.69) is 30.2 Å². The van der Waals surface area contributed by atoms with Gasteiger partial charge in [-0.1, -0.05) is 0 Å². The molecule has 10 heteroatoms. The van der Waals surface area contributed by atoms with Crippen LogP contribution in [0.5, 0.6) is 0 Å². The molecule has 1 amide bonds. The van der Waals surface area contributed by atoms with E-state index >= 15 is 0 Å². The minimum atomic E-state index is -0.366. The van der Waals surface area contributed by atoms with Crippen molar-refractivity contribution in [3.8, 4) is 0 Å². The fraction of sp³-hybridized carbons (Fsp3) is 0.316. The van der Waals surface area contributed by atoms with Crippen LogP contribution in [0.25, 0.3) is 0 Å². The maximum atomic E-state index is 12.1. The van der Waals surface area contributed by atoms with E-state index in [-0.39, 0.29) is 11.7 Å². The second-order valence-electron chi connectivity index (χ2n) is 6.38. The molecule has 1 N–H and O–H groups in total. The minimum absolute atomic E-state index is 0.219. The number of furan rings is 1. The average Bonchev–Trinajstić information content (AvgIpc) is 3.27. The van der Waals surface area contributed by atoms with Gasteiger partial charge in [-0.25, -0.2) is 19.9 Å². The molecule has 29 heavy (non-hydrogen) atoms. The summed E-state index contributed by atoms with van der Waals surface area (Å²) >= 11 is 1.37. The number of morpholine rings is 1. The molecule has 0 unspecified atom stereocenters. The van der Waals surface area contributed by atoms with Crippen molar-refractivity contribution in [2.24, 2.45) is 0 Å². The van der Waals surface area contributed by atoms with Crippen molar-refractivity contribution >= 4 is 29.4 Å². The van der Waals surface area contributed by atoms with Gasteiger partial charge in [-0.3, -0.25) is 4.79 Å². The van der Waals surface area contributed by atoms with Gasteiger partial charge in [0, 0.05) is 19.3 Å². The van der Waals surface area contributed by atoms with Gasteiger partial charge in [0.25, 0.3) is 5.91 Å². The molecule has 3 aromatic rings. The Labute approximate surface area is 171 Å². The summed E-state index contributed by atoms with van der Waals surface area (Å²) in [4.78, 5) is 33.2.